The van der Waals surface area contributed by atoms with Crippen LogP contribution in [0, 0.1) is 6.92 Å². The van der Waals surface area contributed by atoms with E-state index in [1.54, 1.807) is 6.92 Å². The molecule has 0 radical (unpaired) electrons. The van der Waals surface area contributed by atoms with Crippen molar-refractivity contribution < 1.29 is 9.90 Å². The first-order valence-electron chi connectivity index (χ1n) is 5.40. The zero-order chi connectivity index (χ0) is 11.9. The average molecular weight is 240 g/mol. The number of hydrogen-bond acceptors (Lipinski definition) is 4. The SMILES string of the molecule is Cc1nc(N2CCCC2(C)C)sc1C(=O)O. The van der Waals surface area contributed by atoms with Crippen LogP contribution in [0.2, 0.25) is 0 Å². The first kappa shape index (κ1) is 11.4. The molecule has 88 valence electrons. The van der Waals surface area contributed by atoms with Crippen molar-refractivity contribution in [3.8, 4) is 0 Å². The van der Waals surface area contributed by atoms with E-state index in [1.165, 1.54) is 11.3 Å². The standard InChI is InChI=1S/C11H16N2O2S/c1-7-8(9(14)15)16-10(12-7)13-6-4-5-11(13,2)3/h4-6H2,1-3H3,(H,14,15). The van der Waals surface area contributed by atoms with E-state index in [0.717, 1.165) is 24.5 Å². The molecule has 0 aliphatic carbocycles. The van der Waals surface area contributed by atoms with Crippen LogP contribution in [-0.2, 0) is 0 Å². The minimum Gasteiger partial charge on any atom is -0.477 e. The first-order chi connectivity index (χ1) is 7.42. The zero-order valence-electron chi connectivity index (χ0n) is 9.78. The van der Waals surface area contributed by atoms with Gasteiger partial charge in [0.25, 0.3) is 0 Å². The molecule has 4 nitrogen and oxygen atoms in total. The molecule has 1 N–H and O–H groups in total. The molecule has 0 amide bonds. The van der Waals surface area contributed by atoms with Crippen molar-refractivity contribution in [2.24, 2.45) is 0 Å². The number of nitrogens with zero attached hydrogens (tertiary/aromatic N) is 2. The Labute approximate surface area is 98.9 Å². The lowest BCUT2D eigenvalue weighted by Gasteiger charge is -2.31. The van der Waals surface area contributed by atoms with E-state index in [4.69, 9.17) is 5.11 Å². The van der Waals surface area contributed by atoms with Crippen molar-refractivity contribution in [1.29, 1.82) is 0 Å². The largest absolute Gasteiger partial charge is 0.477 e. The summed E-state index contributed by atoms with van der Waals surface area (Å²) >= 11 is 1.28. The van der Waals surface area contributed by atoms with Gasteiger partial charge in [-0.05, 0) is 33.6 Å². The summed E-state index contributed by atoms with van der Waals surface area (Å²) in [6.45, 7) is 7.08. The van der Waals surface area contributed by atoms with Crippen LogP contribution >= 0.6 is 11.3 Å². The number of carboxylic acids is 1. The molecule has 1 aromatic heterocycles. The highest BCUT2D eigenvalue weighted by molar-refractivity contribution is 7.17. The molecule has 1 aliphatic rings. The maximum Gasteiger partial charge on any atom is 0.347 e. The van der Waals surface area contributed by atoms with Crippen molar-refractivity contribution in [1.82, 2.24) is 4.98 Å². The van der Waals surface area contributed by atoms with Gasteiger partial charge in [0, 0.05) is 12.1 Å². The third kappa shape index (κ3) is 1.80. The van der Waals surface area contributed by atoms with Gasteiger partial charge in [0.15, 0.2) is 5.13 Å². The van der Waals surface area contributed by atoms with Crippen LogP contribution in [0.25, 0.3) is 0 Å². The number of aryl methyl sites for hydroxylation is 1. The predicted molar refractivity (Wildman–Crippen MR) is 64.5 cm³/mol. The Morgan fingerprint density at radius 3 is 2.69 bits per heavy atom. The molecular formula is C11H16N2O2S. The lowest BCUT2D eigenvalue weighted by atomic mass is 10.0. The van der Waals surface area contributed by atoms with Crippen LogP contribution in [0.3, 0.4) is 0 Å². The summed E-state index contributed by atoms with van der Waals surface area (Å²) in [6, 6.07) is 0. The van der Waals surface area contributed by atoms with E-state index in [0.29, 0.717) is 10.6 Å². The highest BCUT2D eigenvalue weighted by atomic mass is 32.1. The summed E-state index contributed by atoms with van der Waals surface area (Å²) < 4.78 is 0. The van der Waals surface area contributed by atoms with E-state index in [1.807, 2.05) is 0 Å². The van der Waals surface area contributed by atoms with Crippen molar-refractivity contribution in [3.05, 3.63) is 10.6 Å². The number of aromatic nitrogens is 1. The molecule has 2 heterocycles. The summed E-state index contributed by atoms with van der Waals surface area (Å²) in [5, 5.41) is 9.85. The maximum atomic E-state index is 11.0. The molecule has 1 aromatic rings. The Balaban J connectivity index is 2.35. The van der Waals surface area contributed by atoms with Gasteiger partial charge >= 0.3 is 5.97 Å². The summed E-state index contributed by atoms with van der Waals surface area (Å²) in [5.74, 6) is -0.877. The minimum atomic E-state index is -0.877. The van der Waals surface area contributed by atoms with Crippen LogP contribution in [0.5, 0.6) is 0 Å². The molecule has 0 bridgehead atoms. The lowest BCUT2D eigenvalue weighted by Crippen LogP contribution is -2.38. The molecule has 0 saturated carbocycles. The summed E-state index contributed by atoms with van der Waals surface area (Å²) in [6.07, 6.45) is 2.28. The smallest absolute Gasteiger partial charge is 0.347 e. The van der Waals surface area contributed by atoms with Crippen molar-refractivity contribution in [2.45, 2.75) is 39.2 Å². The number of rotatable bonds is 2. The summed E-state index contributed by atoms with van der Waals surface area (Å²) in [5.41, 5.74) is 0.718. The average Bonchev–Trinajstić information content (AvgIpc) is 2.68. The second-order valence-electron chi connectivity index (χ2n) is 4.78. The Kier molecular flexibility index (Phi) is 2.66. The molecular weight excluding hydrogens is 224 g/mol. The van der Waals surface area contributed by atoms with Crippen LogP contribution in [0.15, 0.2) is 0 Å². The van der Waals surface area contributed by atoms with E-state index in [-0.39, 0.29) is 5.54 Å². The fourth-order valence-electron chi connectivity index (χ4n) is 2.16. The molecule has 1 aliphatic heterocycles. The quantitative estimate of drug-likeness (QED) is 0.863. The van der Waals surface area contributed by atoms with Gasteiger partial charge in [-0.25, -0.2) is 9.78 Å². The number of carboxylic acid groups (broad SMARTS) is 1. The molecule has 0 aromatic carbocycles. The second kappa shape index (κ2) is 3.73. The minimum absolute atomic E-state index is 0.0973. The van der Waals surface area contributed by atoms with Gasteiger partial charge in [-0.15, -0.1) is 0 Å². The predicted octanol–water partition coefficient (Wildman–Crippen LogP) is 2.53. The topological polar surface area (TPSA) is 53.4 Å². The van der Waals surface area contributed by atoms with Gasteiger partial charge in [-0.3, -0.25) is 0 Å². The Morgan fingerprint density at radius 1 is 1.56 bits per heavy atom. The van der Waals surface area contributed by atoms with Crippen LogP contribution < -0.4 is 4.90 Å². The highest BCUT2D eigenvalue weighted by Crippen LogP contribution is 2.36. The zero-order valence-corrected chi connectivity index (χ0v) is 10.6. The second-order valence-corrected chi connectivity index (χ2v) is 5.76. The Bertz CT molecular complexity index is 426. The van der Waals surface area contributed by atoms with Gasteiger partial charge < -0.3 is 10.0 Å². The fourth-order valence-corrected chi connectivity index (χ4v) is 3.25. The van der Waals surface area contributed by atoms with Gasteiger partial charge in [0.1, 0.15) is 4.88 Å². The molecule has 1 fully saturated rings. The van der Waals surface area contributed by atoms with E-state index in [2.05, 4.69) is 23.7 Å². The normalized spacial score (nSPS) is 19.1. The molecule has 0 atom stereocenters. The van der Waals surface area contributed by atoms with Crippen molar-refractivity contribution >= 4 is 22.4 Å². The van der Waals surface area contributed by atoms with Crippen LogP contribution in [-0.4, -0.2) is 28.1 Å². The molecule has 2 rings (SSSR count). The maximum absolute atomic E-state index is 11.0. The molecule has 1 saturated heterocycles. The van der Waals surface area contributed by atoms with Crippen molar-refractivity contribution in [2.75, 3.05) is 11.4 Å². The number of aromatic carboxylic acids is 1. The monoisotopic (exact) mass is 240 g/mol. The molecule has 0 unspecified atom stereocenters. The Morgan fingerprint density at radius 2 is 2.25 bits per heavy atom. The first-order valence-corrected chi connectivity index (χ1v) is 6.22. The lowest BCUT2D eigenvalue weighted by molar-refractivity contribution is 0.0701. The number of hydrogen-bond donors (Lipinski definition) is 1. The van der Waals surface area contributed by atoms with Gasteiger partial charge in [-0.2, -0.15) is 0 Å². The Hall–Kier alpha value is -1.10. The third-order valence-corrected chi connectivity index (χ3v) is 4.28. The third-order valence-electron chi connectivity index (χ3n) is 3.11. The van der Waals surface area contributed by atoms with Gasteiger partial charge in [0.2, 0.25) is 0 Å². The van der Waals surface area contributed by atoms with Crippen LogP contribution in [0.4, 0.5) is 5.13 Å². The highest BCUT2D eigenvalue weighted by Gasteiger charge is 2.34. The van der Waals surface area contributed by atoms with Gasteiger partial charge in [-0.1, -0.05) is 11.3 Å². The molecule has 0 spiro atoms. The van der Waals surface area contributed by atoms with Gasteiger partial charge in [0.05, 0.1) is 5.69 Å². The van der Waals surface area contributed by atoms with E-state index >= 15 is 0 Å². The van der Waals surface area contributed by atoms with E-state index < -0.39 is 5.97 Å². The number of anilines is 1. The summed E-state index contributed by atoms with van der Waals surface area (Å²) in [4.78, 5) is 17.9. The van der Waals surface area contributed by atoms with Crippen LogP contribution in [0.1, 0.15) is 42.1 Å². The van der Waals surface area contributed by atoms with Crippen molar-refractivity contribution in [3.63, 3.8) is 0 Å². The number of carbonyl (C=O) groups is 1. The fraction of sp³-hybridized carbons (Fsp3) is 0.636. The van der Waals surface area contributed by atoms with E-state index in [9.17, 15) is 4.79 Å². The number of thiazole rings is 1. The molecule has 16 heavy (non-hydrogen) atoms. The summed E-state index contributed by atoms with van der Waals surface area (Å²) in [7, 11) is 0. The molecule has 5 heteroatoms.